The number of halogens is 1. The number of nitrogens with zero attached hydrogens (tertiary/aromatic N) is 3. The molecule has 0 aliphatic carbocycles. The molecule has 0 unspecified atom stereocenters. The standard InChI is InChI=1S/C16H24BrN5O3/c1-4-7-18-14(23)10-22(3)16(25)11-21(2)9-15(24)20-13-6-5-12(17)8-19-13/h5-6,8H,4,7,9-11H2,1-3H3,(H,18,23)(H,19,20,24). The van der Waals surface area contributed by atoms with Gasteiger partial charge in [0.1, 0.15) is 5.82 Å². The maximum atomic E-state index is 12.1. The summed E-state index contributed by atoms with van der Waals surface area (Å²) >= 11 is 3.27. The molecule has 1 heterocycles. The molecule has 0 saturated carbocycles. The van der Waals surface area contributed by atoms with Crippen molar-refractivity contribution in [2.24, 2.45) is 0 Å². The summed E-state index contributed by atoms with van der Waals surface area (Å²) < 4.78 is 0.819. The molecular weight excluding hydrogens is 390 g/mol. The van der Waals surface area contributed by atoms with E-state index in [1.165, 1.54) is 4.90 Å². The lowest BCUT2D eigenvalue weighted by atomic mass is 10.4. The van der Waals surface area contributed by atoms with Gasteiger partial charge in [-0.25, -0.2) is 4.98 Å². The van der Waals surface area contributed by atoms with Crippen LogP contribution in [0.5, 0.6) is 0 Å². The van der Waals surface area contributed by atoms with E-state index in [2.05, 4.69) is 31.5 Å². The fourth-order valence-electron chi connectivity index (χ4n) is 1.91. The van der Waals surface area contributed by atoms with Gasteiger partial charge in [-0.2, -0.15) is 0 Å². The van der Waals surface area contributed by atoms with E-state index >= 15 is 0 Å². The molecule has 138 valence electrons. The molecular formula is C16H24BrN5O3. The van der Waals surface area contributed by atoms with Crippen molar-refractivity contribution < 1.29 is 14.4 Å². The van der Waals surface area contributed by atoms with Crippen LogP contribution in [0.15, 0.2) is 22.8 Å². The zero-order valence-electron chi connectivity index (χ0n) is 14.7. The number of carbonyl (C=O) groups excluding carboxylic acids is 3. The third kappa shape index (κ3) is 8.59. The van der Waals surface area contributed by atoms with Gasteiger partial charge < -0.3 is 15.5 Å². The second-order valence-electron chi connectivity index (χ2n) is 5.68. The zero-order valence-corrected chi connectivity index (χ0v) is 16.3. The topological polar surface area (TPSA) is 94.6 Å². The summed E-state index contributed by atoms with van der Waals surface area (Å²) in [5.74, 6) is -0.255. The van der Waals surface area contributed by atoms with Gasteiger partial charge in [0.25, 0.3) is 0 Å². The zero-order chi connectivity index (χ0) is 18.8. The molecule has 25 heavy (non-hydrogen) atoms. The van der Waals surface area contributed by atoms with Gasteiger partial charge in [0, 0.05) is 24.3 Å². The van der Waals surface area contributed by atoms with Crippen LogP contribution in [-0.4, -0.2) is 72.8 Å². The Morgan fingerprint density at radius 3 is 2.44 bits per heavy atom. The van der Waals surface area contributed by atoms with Gasteiger partial charge in [-0.3, -0.25) is 19.3 Å². The monoisotopic (exact) mass is 413 g/mol. The summed E-state index contributed by atoms with van der Waals surface area (Å²) in [4.78, 5) is 42.6. The Balaban J connectivity index is 2.37. The summed E-state index contributed by atoms with van der Waals surface area (Å²) in [7, 11) is 3.23. The van der Waals surface area contributed by atoms with Crippen LogP contribution in [0.3, 0.4) is 0 Å². The third-order valence-corrected chi connectivity index (χ3v) is 3.66. The van der Waals surface area contributed by atoms with E-state index in [0.717, 1.165) is 10.9 Å². The van der Waals surface area contributed by atoms with E-state index < -0.39 is 0 Å². The van der Waals surface area contributed by atoms with Crippen molar-refractivity contribution in [3.05, 3.63) is 22.8 Å². The summed E-state index contributed by atoms with van der Waals surface area (Å²) in [5, 5.41) is 5.37. The van der Waals surface area contributed by atoms with Crippen molar-refractivity contribution in [3.8, 4) is 0 Å². The van der Waals surface area contributed by atoms with E-state index in [1.807, 2.05) is 6.92 Å². The van der Waals surface area contributed by atoms with Gasteiger partial charge in [0.15, 0.2) is 0 Å². The molecule has 0 aliphatic rings. The molecule has 1 rings (SSSR count). The molecule has 8 nitrogen and oxygen atoms in total. The fraction of sp³-hybridized carbons (Fsp3) is 0.500. The fourth-order valence-corrected chi connectivity index (χ4v) is 2.14. The molecule has 0 aromatic carbocycles. The van der Waals surface area contributed by atoms with Crippen LogP contribution in [0.2, 0.25) is 0 Å². The first-order valence-electron chi connectivity index (χ1n) is 7.92. The van der Waals surface area contributed by atoms with Gasteiger partial charge in [-0.05, 0) is 41.5 Å². The van der Waals surface area contributed by atoms with Gasteiger partial charge in [0.05, 0.1) is 19.6 Å². The Labute approximate surface area is 156 Å². The molecule has 2 N–H and O–H groups in total. The molecule has 1 aromatic heterocycles. The van der Waals surface area contributed by atoms with Crippen LogP contribution in [-0.2, 0) is 14.4 Å². The number of rotatable bonds is 9. The number of amides is 3. The molecule has 0 aliphatic heterocycles. The number of pyridine rings is 1. The van der Waals surface area contributed by atoms with Crippen LogP contribution in [0.1, 0.15) is 13.3 Å². The minimum Gasteiger partial charge on any atom is -0.355 e. The van der Waals surface area contributed by atoms with Crippen LogP contribution < -0.4 is 10.6 Å². The van der Waals surface area contributed by atoms with Crippen LogP contribution in [0.25, 0.3) is 0 Å². The molecule has 1 aromatic rings. The Hall–Kier alpha value is -2.00. The Kier molecular flexibility index (Phi) is 9.07. The first-order valence-corrected chi connectivity index (χ1v) is 8.71. The number of carbonyl (C=O) groups is 3. The lowest BCUT2D eigenvalue weighted by Crippen LogP contribution is -2.43. The second-order valence-corrected chi connectivity index (χ2v) is 6.60. The molecule has 0 radical (unpaired) electrons. The Bertz CT molecular complexity index is 594. The second kappa shape index (κ2) is 10.8. The summed E-state index contributed by atoms with van der Waals surface area (Å²) in [6.45, 7) is 2.63. The van der Waals surface area contributed by atoms with Crippen molar-refractivity contribution >= 4 is 39.5 Å². The maximum absolute atomic E-state index is 12.1. The van der Waals surface area contributed by atoms with E-state index in [0.29, 0.717) is 12.4 Å². The minimum absolute atomic E-state index is 0.00167. The summed E-state index contributed by atoms with van der Waals surface area (Å²) in [5.41, 5.74) is 0. The van der Waals surface area contributed by atoms with Gasteiger partial charge in [-0.15, -0.1) is 0 Å². The average Bonchev–Trinajstić information content (AvgIpc) is 2.54. The summed E-state index contributed by atoms with van der Waals surface area (Å²) in [6.07, 6.45) is 2.43. The molecule has 0 bridgehead atoms. The van der Waals surface area contributed by atoms with E-state index in [-0.39, 0.29) is 37.4 Å². The predicted octanol–water partition coefficient (Wildman–Crippen LogP) is 0.699. The highest BCUT2D eigenvalue weighted by Crippen LogP contribution is 2.10. The number of aromatic nitrogens is 1. The number of likely N-dealkylation sites (N-methyl/N-ethyl adjacent to an activating group) is 2. The van der Waals surface area contributed by atoms with Crippen LogP contribution in [0.4, 0.5) is 5.82 Å². The van der Waals surface area contributed by atoms with Crippen molar-refractivity contribution in [1.29, 1.82) is 0 Å². The number of hydrogen-bond acceptors (Lipinski definition) is 5. The van der Waals surface area contributed by atoms with Gasteiger partial charge >= 0.3 is 0 Å². The van der Waals surface area contributed by atoms with Crippen molar-refractivity contribution in [2.45, 2.75) is 13.3 Å². The average molecular weight is 414 g/mol. The molecule has 0 saturated heterocycles. The van der Waals surface area contributed by atoms with E-state index in [1.54, 1.807) is 37.3 Å². The highest BCUT2D eigenvalue weighted by Gasteiger charge is 2.16. The minimum atomic E-state index is -0.270. The van der Waals surface area contributed by atoms with Gasteiger partial charge in [-0.1, -0.05) is 6.92 Å². The van der Waals surface area contributed by atoms with E-state index in [9.17, 15) is 14.4 Å². The molecule has 0 atom stereocenters. The molecule has 9 heteroatoms. The molecule has 3 amide bonds. The van der Waals surface area contributed by atoms with Crippen molar-refractivity contribution in [3.63, 3.8) is 0 Å². The molecule has 0 fully saturated rings. The van der Waals surface area contributed by atoms with Crippen molar-refractivity contribution in [1.82, 2.24) is 20.1 Å². The van der Waals surface area contributed by atoms with Gasteiger partial charge in [0.2, 0.25) is 17.7 Å². The normalized spacial score (nSPS) is 10.4. The highest BCUT2D eigenvalue weighted by molar-refractivity contribution is 9.10. The number of hydrogen-bond donors (Lipinski definition) is 2. The SMILES string of the molecule is CCCNC(=O)CN(C)C(=O)CN(C)CC(=O)Nc1ccc(Br)cn1. The first kappa shape index (κ1) is 21.0. The predicted molar refractivity (Wildman–Crippen MR) is 99.0 cm³/mol. The van der Waals surface area contributed by atoms with Crippen LogP contribution in [0, 0.1) is 0 Å². The number of anilines is 1. The lowest BCUT2D eigenvalue weighted by Gasteiger charge is -2.21. The quantitative estimate of drug-likeness (QED) is 0.621. The number of nitrogens with one attached hydrogen (secondary N) is 2. The lowest BCUT2D eigenvalue weighted by molar-refractivity contribution is -0.135. The smallest absolute Gasteiger partial charge is 0.239 e. The van der Waals surface area contributed by atoms with E-state index in [4.69, 9.17) is 0 Å². The maximum Gasteiger partial charge on any atom is 0.239 e. The molecule has 0 spiro atoms. The Morgan fingerprint density at radius 1 is 1.12 bits per heavy atom. The first-order chi connectivity index (χ1) is 11.8. The highest BCUT2D eigenvalue weighted by atomic mass is 79.9. The van der Waals surface area contributed by atoms with Crippen molar-refractivity contribution in [2.75, 3.05) is 45.6 Å². The third-order valence-electron chi connectivity index (χ3n) is 3.19. The van der Waals surface area contributed by atoms with Crippen LogP contribution >= 0.6 is 15.9 Å². The largest absolute Gasteiger partial charge is 0.355 e. The summed E-state index contributed by atoms with van der Waals surface area (Å²) in [6, 6.07) is 3.45. The Morgan fingerprint density at radius 2 is 1.84 bits per heavy atom.